The molecule has 94 valence electrons. The molecule has 1 aliphatic rings. The van der Waals surface area contributed by atoms with E-state index in [-0.39, 0.29) is 12.6 Å². The highest BCUT2D eigenvalue weighted by atomic mass is 16.3. The molecule has 5 nitrogen and oxygen atoms in total. The Hall–Kier alpha value is -1.88. The minimum absolute atomic E-state index is 0.127. The molecule has 5 heteroatoms. The minimum Gasteiger partial charge on any atom is -0.388 e. The lowest BCUT2D eigenvalue weighted by Crippen LogP contribution is -2.31. The van der Waals surface area contributed by atoms with Gasteiger partial charge in [0.05, 0.1) is 6.04 Å². The quantitative estimate of drug-likeness (QED) is 0.841. The summed E-state index contributed by atoms with van der Waals surface area (Å²) in [5.41, 5.74) is 1.22. The number of benzene rings is 1. The summed E-state index contributed by atoms with van der Waals surface area (Å²) in [7, 11) is 0. The van der Waals surface area contributed by atoms with Gasteiger partial charge in [-0.3, -0.25) is 0 Å². The molecule has 3 rings (SSSR count). The van der Waals surface area contributed by atoms with E-state index < -0.39 is 0 Å². The number of aliphatic hydroxyl groups is 1. The van der Waals surface area contributed by atoms with Crippen LogP contribution in [0.15, 0.2) is 30.3 Å². The summed E-state index contributed by atoms with van der Waals surface area (Å²) in [6, 6.07) is 10.8. The number of aromatic nitrogens is 3. The van der Waals surface area contributed by atoms with Crippen LogP contribution in [-0.2, 0) is 6.61 Å². The Bertz CT molecular complexity index is 537. The molecule has 2 aromatic rings. The molecule has 0 saturated carbocycles. The molecule has 1 aliphatic heterocycles. The van der Waals surface area contributed by atoms with Gasteiger partial charge in [-0.2, -0.15) is 10.1 Å². The number of rotatable bonds is 2. The molecule has 0 aliphatic carbocycles. The highest BCUT2D eigenvalue weighted by molar-refractivity contribution is 5.34. The summed E-state index contributed by atoms with van der Waals surface area (Å²) in [6.07, 6.45) is 0.964. The summed E-state index contributed by atoms with van der Waals surface area (Å²) < 4.78 is 1.88. The van der Waals surface area contributed by atoms with Crippen molar-refractivity contribution in [2.75, 3.05) is 5.32 Å². The van der Waals surface area contributed by atoms with Gasteiger partial charge < -0.3 is 10.4 Å². The summed E-state index contributed by atoms with van der Waals surface area (Å²) in [5.74, 6) is 1.21. The van der Waals surface area contributed by atoms with Crippen molar-refractivity contribution >= 4 is 5.95 Å². The Morgan fingerprint density at radius 1 is 1.39 bits per heavy atom. The Kier molecular flexibility index (Phi) is 2.76. The van der Waals surface area contributed by atoms with E-state index in [0.717, 1.165) is 12.4 Å². The molecule has 0 bridgehead atoms. The summed E-state index contributed by atoms with van der Waals surface area (Å²) >= 11 is 0. The molecule has 0 amide bonds. The number of fused-ring (bicyclic) bond motifs is 1. The molecule has 0 saturated heterocycles. The van der Waals surface area contributed by atoms with E-state index in [1.54, 1.807) is 0 Å². The zero-order valence-electron chi connectivity index (χ0n) is 10.2. The van der Waals surface area contributed by atoms with Crippen molar-refractivity contribution < 1.29 is 5.11 Å². The van der Waals surface area contributed by atoms with Gasteiger partial charge >= 0.3 is 0 Å². The maximum Gasteiger partial charge on any atom is 0.222 e. The second-order valence-electron chi connectivity index (χ2n) is 4.66. The molecule has 1 aromatic carbocycles. The van der Waals surface area contributed by atoms with Crippen molar-refractivity contribution in [1.82, 2.24) is 14.8 Å². The Morgan fingerprint density at radius 2 is 2.17 bits per heavy atom. The second-order valence-corrected chi connectivity index (χ2v) is 4.66. The first-order valence-electron chi connectivity index (χ1n) is 6.15. The van der Waals surface area contributed by atoms with Gasteiger partial charge in [0.15, 0.2) is 5.82 Å². The van der Waals surface area contributed by atoms with Crippen LogP contribution < -0.4 is 5.32 Å². The fourth-order valence-corrected chi connectivity index (χ4v) is 2.42. The SMILES string of the molecule is C[C@@H]1C[C@@H](c2ccccc2)n2nc(CO)nc2N1. The molecule has 2 N–H and O–H groups in total. The van der Waals surface area contributed by atoms with Crippen LogP contribution in [0.4, 0.5) is 5.95 Å². The molecule has 0 unspecified atom stereocenters. The molecule has 18 heavy (non-hydrogen) atoms. The van der Waals surface area contributed by atoms with E-state index in [2.05, 4.69) is 34.5 Å². The number of hydrogen-bond acceptors (Lipinski definition) is 4. The lowest BCUT2D eigenvalue weighted by molar-refractivity contribution is 0.270. The van der Waals surface area contributed by atoms with Crippen LogP contribution in [0.25, 0.3) is 0 Å². The van der Waals surface area contributed by atoms with Crippen molar-refractivity contribution in [3.8, 4) is 0 Å². The van der Waals surface area contributed by atoms with Crippen LogP contribution in [0, 0.1) is 0 Å². The maximum absolute atomic E-state index is 9.14. The molecular formula is C13H16N4O. The van der Waals surface area contributed by atoms with Crippen LogP contribution in [0.1, 0.15) is 30.8 Å². The summed E-state index contributed by atoms with van der Waals surface area (Å²) in [6.45, 7) is 2.00. The van der Waals surface area contributed by atoms with E-state index in [1.165, 1.54) is 5.56 Å². The van der Waals surface area contributed by atoms with Crippen molar-refractivity contribution in [1.29, 1.82) is 0 Å². The molecule has 2 heterocycles. The van der Waals surface area contributed by atoms with Crippen molar-refractivity contribution in [2.24, 2.45) is 0 Å². The van der Waals surface area contributed by atoms with Crippen LogP contribution in [0.2, 0.25) is 0 Å². The van der Waals surface area contributed by atoms with Crippen molar-refractivity contribution in [3.63, 3.8) is 0 Å². The van der Waals surface area contributed by atoms with E-state index in [0.29, 0.717) is 11.9 Å². The third-order valence-electron chi connectivity index (χ3n) is 3.25. The number of nitrogens with one attached hydrogen (secondary N) is 1. The van der Waals surface area contributed by atoms with Gasteiger partial charge in [-0.05, 0) is 18.9 Å². The van der Waals surface area contributed by atoms with Crippen LogP contribution in [-0.4, -0.2) is 25.9 Å². The van der Waals surface area contributed by atoms with Gasteiger partial charge in [-0.25, -0.2) is 4.68 Å². The van der Waals surface area contributed by atoms with Crippen LogP contribution >= 0.6 is 0 Å². The third-order valence-corrected chi connectivity index (χ3v) is 3.25. The van der Waals surface area contributed by atoms with E-state index in [4.69, 9.17) is 5.11 Å². The highest BCUT2D eigenvalue weighted by Crippen LogP contribution is 2.30. The smallest absolute Gasteiger partial charge is 0.222 e. The average molecular weight is 244 g/mol. The minimum atomic E-state index is -0.127. The summed E-state index contributed by atoms with van der Waals surface area (Å²) in [5, 5.41) is 16.8. The van der Waals surface area contributed by atoms with Crippen molar-refractivity contribution in [3.05, 3.63) is 41.7 Å². The zero-order valence-corrected chi connectivity index (χ0v) is 10.2. The average Bonchev–Trinajstić information content (AvgIpc) is 2.81. The van der Waals surface area contributed by atoms with E-state index in [1.807, 2.05) is 22.9 Å². The first kappa shape index (κ1) is 11.2. The normalized spacial score (nSPS) is 22.3. The highest BCUT2D eigenvalue weighted by Gasteiger charge is 2.27. The van der Waals surface area contributed by atoms with Crippen molar-refractivity contribution in [2.45, 2.75) is 32.0 Å². The van der Waals surface area contributed by atoms with Gasteiger partial charge in [0.1, 0.15) is 6.61 Å². The van der Waals surface area contributed by atoms with Crippen LogP contribution in [0.3, 0.4) is 0 Å². The second kappa shape index (κ2) is 4.42. The van der Waals surface area contributed by atoms with Gasteiger partial charge in [0, 0.05) is 6.04 Å². The number of aliphatic hydroxyl groups excluding tert-OH is 1. The molecule has 2 atom stereocenters. The Labute approximate surface area is 105 Å². The van der Waals surface area contributed by atoms with Gasteiger partial charge in [0.25, 0.3) is 0 Å². The first-order valence-corrected chi connectivity index (χ1v) is 6.15. The predicted molar refractivity (Wildman–Crippen MR) is 68.2 cm³/mol. The molecule has 0 spiro atoms. The maximum atomic E-state index is 9.14. The van der Waals surface area contributed by atoms with E-state index in [9.17, 15) is 0 Å². The third kappa shape index (κ3) is 1.86. The first-order chi connectivity index (χ1) is 8.78. The van der Waals surface area contributed by atoms with Crippen LogP contribution in [0.5, 0.6) is 0 Å². The Morgan fingerprint density at radius 3 is 2.89 bits per heavy atom. The predicted octanol–water partition coefficient (Wildman–Crippen LogP) is 1.56. The van der Waals surface area contributed by atoms with Gasteiger partial charge in [-0.1, -0.05) is 30.3 Å². The molecule has 0 fully saturated rings. The van der Waals surface area contributed by atoms with E-state index >= 15 is 0 Å². The zero-order chi connectivity index (χ0) is 12.5. The Balaban J connectivity index is 2.04. The van der Waals surface area contributed by atoms with Gasteiger partial charge in [0.2, 0.25) is 5.95 Å². The largest absolute Gasteiger partial charge is 0.388 e. The lowest BCUT2D eigenvalue weighted by atomic mass is 9.99. The monoisotopic (exact) mass is 244 g/mol. The number of anilines is 1. The topological polar surface area (TPSA) is 63.0 Å². The number of nitrogens with zero attached hydrogens (tertiary/aromatic N) is 3. The lowest BCUT2D eigenvalue weighted by Gasteiger charge is -2.29. The summed E-state index contributed by atoms with van der Waals surface area (Å²) in [4.78, 5) is 4.29. The number of hydrogen-bond donors (Lipinski definition) is 2. The molecule has 0 radical (unpaired) electrons. The fraction of sp³-hybridized carbons (Fsp3) is 0.385. The molecular weight excluding hydrogens is 228 g/mol. The standard InChI is InChI=1S/C13H16N4O/c1-9-7-11(10-5-3-2-4-6-10)17-13(14-9)15-12(8-18)16-17/h2-6,9,11,18H,7-8H2,1H3,(H,14,15,16)/t9-,11+/m1/s1. The molecule has 1 aromatic heterocycles. The van der Waals surface area contributed by atoms with Gasteiger partial charge in [-0.15, -0.1) is 0 Å². The fourth-order valence-electron chi connectivity index (χ4n) is 2.42.